The number of halogens is 1. The summed E-state index contributed by atoms with van der Waals surface area (Å²) in [5, 5.41) is 7.71. The fraction of sp³-hybridized carbons (Fsp3) is 0.357. The van der Waals surface area contributed by atoms with Gasteiger partial charge in [-0.1, -0.05) is 13.0 Å². The molecule has 22 heavy (non-hydrogen) atoms. The van der Waals surface area contributed by atoms with E-state index in [1.807, 2.05) is 6.92 Å². The van der Waals surface area contributed by atoms with Crippen molar-refractivity contribution in [3.8, 4) is 0 Å². The number of hydrogen-bond donors (Lipinski definition) is 4. The van der Waals surface area contributed by atoms with Crippen molar-refractivity contribution in [3.63, 3.8) is 0 Å². The van der Waals surface area contributed by atoms with Crippen molar-refractivity contribution in [1.82, 2.24) is 10.6 Å². The number of carbonyl (C=O) groups excluding carboxylic acids is 3. The number of hydrogen-bond acceptors (Lipinski definition) is 4. The number of benzene rings is 1. The Hall–Kier alpha value is -2.12. The van der Waals surface area contributed by atoms with Gasteiger partial charge in [-0.05, 0) is 24.6 Å². The van der Waals surface area contributed by atoms with Gasteiger partial charge in [-0.15, -0.1) is 12.4 Å². The number of carbonyl (C=O) groups is 3. The molecule has 0 heterocycles. The van der Waals surface area contributed by atoms with Crippen molar-refractivity contribution in [3.05, 3.63) is 29.8 Å². The average Bonchev–Trinajstić information content (AvgIpc) is 2.50. The Morgan fingerprint density at radius 1 is 1.14 bits per heavy atom. The Labute approximate surface area is 135 Å². The number of nitrogens with two attached hydrogens (primary N) is 1. The van der Waals surface area contributed by atoms with Crippen LogP contribution in [0.1, 0.15) is 23.7 Å². The van der Waals surface area contributed by atoms with E-state index in [0.717, 1.165) is 6.42 Å². The third-order valence-electron chi connectivity index (χ3n) is 2.58. The van der Waals surface area contributed by atoms with Crippen molar-refractivity contribution in [2.24, 2.45) is 5.73 Å². The third kappa shape index (κ3) is 7.05. The van der Waals surface area contributed by atoms with Crippen LogP contribution in [0.5, 0.6) is 0 Å². The van der Waals surface area contributed by atoms with E-state index in [1.165, 1.54) is 0 Å². The number of nitrogens with one attached hydrogen (secondary N) is 3. The largest absolute Gasteiger partial charge is 0.352 e. The lowest BCUT2D eigenvalue weighted by molar-refractivity contribution is -0.123. The SMILES string of the molecule is CCCNC(=O)c1cccc(NC(=O)CNC(=O)CN)c1.Cl. The van der Waals surface area contributed by atoms with Gasteiger partial charge in [-0.2, -0.15) is 0 Å². The van der Waals surface area contributed by atoms with E-state index in [1.54, 1.807) is 24.3 Å². The Kier molecular flexibility index (Phi) is 9.56. The predicted molar refractivity (Wildman–Crippen MR) is 87.0 cm³/mol. The van der Waals surface area contributed by atoms with Gasteiger partial charge < -0.3 is 21.7 Å². The summed E-state index contributed by atoms with van der Waals surface area (Å²) in [4.78, 5) is 34.4. The summed E-state index contributed by atoms with van der Waals surface area (Å²) in [5.41, 5.74) is 6.07. The van der Waals surface area contributed by atoms with Gasteiger partial charge in [0.15, 0.2) is 0 Å². The maximum atomic E-state index is 11.8. The van der Waals surface area contributed by atoms with Gasteiger partial charge in [0.2, 0.25) is 11.8 Å². The van der Waals surface area contributed by atoms with Crippen LogP contribution in [0.2, 0.25) is 0 Å². The van der Waals surface area contributed by atoms with E-state index < -0.39 is 5.91 Å². The van der Waals surface area contributed by atoms with Crippen LogP contribution in [0.3, 0.4) is 0 Å². The maximum Gasteiger partial charge on any atom is 0.251 e. The highest BCUT2D eigenvalue weighted by molar-refractivity contribution is 5.98. The molecule has 1 aromatic rings. The van der Waals surface area contributed by atoms with Gasteiger partial charge in [0.05, 0.1) is 13.1 Å². The lowest BCUT2D eigenvalue weighted by Crippen LogP contribution is -2.36. The molecule has 0 fully saturated rings. The molecule has 1 aromatic carbocycles. The Bertz CT molecular complexity index is 523. The summed E-state index contributed by atoms with van der Waals surface area (Å²) in [6, 6.07) is 6.58. The molecule has 0 radical (unpaired) electrons. The standard InChI is InChI=1S/C14H20N4O3.ClH/c1-2-6-16-14(21)10-4-3-5-11(7-10)18-13(20)9-17-12(19)8-15;/h3-5,7H,2,6,8-9,15H2,1H3,(H,16,21)(H,17,19)(H,18,20);1H. The lowest BCUT2D eigenvalue weighted by Gasteiger charge is -2.08. The summed E-state index contributed by atoms with van der Waals surface area (Å²) in [7, 11) is 0. The first-order valence-corrected chi connectivity index (χ1v) is 6.71. The monoisotopic (exact) mass is 328 g/mol. The number of rotatable bonds is 7. The highest BCUT2D eigenvalue weighted by Crippen LogP contribution is 2.10. The highest BCUT2D eigenvalue weighted by atomic mass is 35.5. The van der Waals surface area contributed by atoms with Crippen LogP contribution in [-0.4, -0.2) is 37.4 Å². The van der Waals surface area contributed by atoms with Crippen molar-refractivity contribution >= 4 is 35.8 Å². The van der Waals surface area contributed by atoms with Crippen molar-refractivity contribution in [1.29, 1.82) is 0 Å². The van der Waals surface area contributed by atoms with Crippen LogP contribution >= 0.6 is 12.4 Å². The molecule has 1 rings (SSSR count). The number of anilines is 1. The molecule has 0 aliphatic rings. The summed E-state index contributed by atoms with van der Waals surface area (Å²) < 4.78 is 0. The molecule has 7 nitrogen and oxygen atoms in total. The normalized spacial score (nSPS) is 9.36. The smallest absolute Gasteiger partial charge is 0.251 e. The molecule has 0 unspecified atom stereocenters. The summed E-state index contributed by atoms with van der Waals surface area (Å²) in [6.45, 7) is 2.23. The van der Waals surface area contributed by atoms with Crippen LogP contribution in [0.4, 0.5) is 5.69 Å². The molecule has 0 aromatic heterocycles. The van der Waals surface area contributed by atoms with E-state index in [0.29, 0.717) is 17.8 Å². The molecule has 5 N–H and O–H groups in total. The van der Waals surface area contributed by atoms with Gasteiger partial charge >= 0.3 is 0 Å². The minimum atomic E-state index is -0.405. The van der Waals surface area contributed by atoms with Crippen LogP contribution in [0, 0.1) is 0 Å². The molecule has 0 aliphatic heterocycles. The first kappa shape index (κ1) is 19.9. The molecular formula is C14H21ClN4O3. The quantitative estimate of drug-likeness (QED) is 0.575. The Balaban J connectivity index is 0.00000441. The lowest BCUT2D eigenvalue weighted by atomic mass is 10.2. The molecule has 0 spiro atoms. The van der Waals surface area contributed by atoms with Crippen molar-refractivity contribution in [2.45, 2.75) is 13.3 Å². The molecule has 0 bridgehead atoms. The fourth-order valence-electron chi connectivity index (χ4n) is 1.53. The predicted octanol–water partition coefficient (Wildman–Crippen LogP) is 0.262. The van der Waals surface area contributed by atoms with Crippen molar-refractivity contribution < 1.29 is 14.4 Å². The van der Waals surface area contributed by atoms with Gasteiger partial charge in [-0.25, -0.2) is 0 Å². The fourth-order valence-corrected chi connectivity index (χ4v) is 1.53. The molecule has 8 heteroatoms. The molecule has 122 valence electrons. The Morgan fingerprint density at radius 3 is 2.50 bits per heavy atom. The third-order valence-corrected chi connectivity index (χ3v) is 2.58. The first-order chi connectivity index (χ1) is 10.1. The van der Waals surface area contributed by atoms with E-state index in [4.69, 9.17) is 5.73 Å². The van der Waals surface area contributed by atoms with Crippen LogP contribution < -0.4 is 21.7 Å². The molecule has 0 atom stereocenters. The van der Waals surface area contributed by atoms with Crippen LogP contribution in [0.25, 0.3) is 0 Å². The van der Waals surface area contributed by atoms with Gasteiger partial charge in [0, 0.05) is 17.8 Å². The van der Waals surface area contributed by atoms with Crippen LogP contribution in [0.15, 0.2) is 24.3 Å². The molecule has 0 saturated heterocycles. The summed E-state index contributed by atoms with van der Waals surface area (Å²) in [6.07, 6.45) is 0.850. The first-order valence-electron chi connectivity index (χ1n) is 6.71. The summed E-state index contributed by atoms with van der Waals surface area (Å²) >= 11 is 0. The Morgan fingerprint density at radius 2 is 1.86 bits per heavy atom. The molecule has 0 aliphatic carbocycles. The van der Waals surface area contributed by atoms with E-state index >= 15 is 0 Å². The molecule has 3 amide bonds. The van der Waals surface area contributed by atoms with Gasteiger partial charge in [0.25, 0.3) is 5.91 Å². The van der Waals surface area contributed by atoms with E-state index in [-0.39, 0.29) is 37.3 Å². The van der Waals surface area contributed by atoms with Gasteiger partial charge in [-0.3, -0.25) is 14.4 Å². The minimum absolute atomic E-state index is 0. The topological polar surface area (TPSA) is 113 Å². The van der Waals surface area contributed by atoms with Gasteiger partial charge in [0.1, 0.15) is 0 Å². The second kappa shape index (κ2) is 10.6. The second-order valence-electron chi connectivity index (χ2n) is 4.37. The van der Waals surface area contributed by atoms with Crippen molar-refractivity contribution in [2.75, 3.05) is 25.0 Å². The minimum Gasteiger partial charge on any atom is -0.352 e. The zero-order chi connectivity index (χ0) is 15.7. The molecular weight excluding hydrogens is 308 g/mol. The van der Waals surface area contributed by atoms with E-state index in [9.17, 15) is 14.4 Å². The number of amides is 3. The second-order valence-corrected chi connectivity index (χ2v) is 4.37. The zero-order valence-corrected chi connectivity index (χ0v) is 13.2. The zero-order valence-electron chi connectivity index (χ0n) is 12.3. The highest BCUT2D eigenvalue weighted by Gasteiger charge is 2.08. The molecule has 0 saturated carbocycles. The summed E-state index contributed by atoms with van der Waals surface area (Å²) in [5.74, 6) is -0.981. The van der Waals surface area contributed by atoms with Crippen LogP contribution in [-0.2, 0) is 9.59 Å². The average molecular weight is 329 g/mol. The van der Waals surface area contributed by atoms with E-state index in [2.05, 4.69) is 16.0 Å². The maximum absolute atomic E-state index is 11.8.